The van der Waals surface area contributed by atoms with Crippen molar-refractivity contribution in [1.29, 1.82) is 0 Å². The molecule has 0 spiro atoms. The lowest BCUT2D eigenvalue weighted by Gasteiger charge is -2.56. The Labute approximate surface area is 130 Å². The van der Waals surface area contributed by atoms with Crippen molar-refractivity contribution in [3.8, 4) is 0 Å². The topological polar surface area (TPSA) is 29.9 Å². The quantitative estimate of drug-likeness (QED) is 0.880. The number of nitrogens with one attached hydrogen (secondary N) is 1. The standard InChI is InChI=1S/C18H33N3/c1-8-18(9-2)15(11-16(18)19-10-3)14-12-21(17(5,6)7)20-13(14)4/h12,15-16,19H,8-11H2,1-7H3. The Morgan fingerprint density at radius 1 is 1.29 bits per heavy atom. The molecule has 120 valence electrons. The lowest BCUT2D eigenvalue weighted by Crippen LogP contribution is -2.58. The molecule has 1 N–H and O–H groups in total. The second-order valence-electron chi connectivity index (χ2n) is 7.62. The smallest absolute Gasteiger partial charge is 0.0628 e. The maximum Gasteiger partial charge on any atom is 0.0628 e. The maximum absolute atomic E-state index is 4.79. The van der Waals surface area contributed by atoms with Gasteiger partial charge in [0.1, 0.15) is 0 Å². The molecule has 0 amide bonds. The van der Waals surface area contributed by atoms with Gasteiger partial charge in [-0.1, -0.05) is 20.8 Å². The van der Waals surface area contributed by atoms with Crippen molar-refractivity contribution in [3.63, 3.8) is 0 Å². The fraction of sp³-hybridized carbons (Fsp3) is 0.833. The number of nitrogens with zero attached hydrogens (tertiary/aromatic N) is 2. The van der Waals surface area contributed by atoms with E-state index in [0.29, 0.717) is 17.4 Å². The molecule has 1 saturated carbocycles. The summed E-state index contributed by atoms with van der Waals surface area (Å²) in [5, 5.41) is 8.49. The number of hydrogen-bond acceptors (Lipinski definition) is 2. The van der Waals surface area contributed by atoms with Gasteiger partial charge in [-0.2, -0.15) is 5.10 Å². The van der Waals surface area contributed by atoms with Crippen LogP contribution in [0.3, 0.4) is 0 Å². The summed E-state index contributed by atoms with van der Waals surface area (Å²) in [5.74, 6) is 0.660. The SMILES string of the molecule is CCNC1CC(c2cn(C(C)(C)C)nc2C)C1(CC)CC. The maximum atomic E-state index is 4.79. The van der Waals surface area contributed by atoms with Gasteiger partial charge in [-0.25, -0.2) is 0 Å². The molecule has 1 aliphatic rings. The van der Waals surface area contributed by atoms with Crippen LogP contribution >= 0.6 is 0 Å². The summed E-state index contributed by atoms with van der Waals surface area (Å²) in [6.07, 6.45) is 6.05. The molecule has 1 aromatic rings. The molecule has 0 bridgehead atoms. The lowest BCUT2D eigenvalue weighted by molar-refractivity contribution is 0.0206. The van der Waals surface area contributed by atoms with E-state index >= 15 is 0 Å². The molecule has 2 unspecified atom stereocenters. The molecule has 1 aliphatic carbocycles. The molecule has 1 heterocycles. The van der Waals surface area contributed by atoms with E-state index in [1.807, 2.05) is 0 Å². The van der Waals surface area contributed by atoms with Crippen LogP contribution in [-0.4, -0.2) is 22.4 Å². The molecular formula is C18H33N3. The number of rotatable bonds is 5. The van der Waals surface area contributed by atoms with Crippen LogP contribution in [0.2, 0.25) is 0 Å². The highest BCUT2D eigenvalue weighted by atomic mass is 15.3. The van der Waals surface area contributed by atoms with Gasteiger partial charge in [0.05, 0.1) is 11.2 Å². The van der Waals surface area contributed by atoms with E-state index in [2.05, 4.69) is 64.7 Å². The zero-order valence-electron chi connectivity index (χ0n) is 15.0. The minimum atomic E-state index is 0.0644. The van der Waals surface area contributed by atoms with Crippen molar-refractivity contribution in [2.24, 2.45) is 5.41 Å². The summed E-state index contributed by atoms with van der Waals surface area (Å²) in [6.45, 7) is 16.8. The van der Waals surface area contributed by atoms with E-state index in [1.54, 1.807) is 0 Å². The van der Waals surface area contributed by atoms with Crippen molar-refractivity contribution in [2.75, 3.05) is 6.54 Å². The first-order valence-electron chi connectivity index (χ1n) is 8.60. The first kappa shape index (κ1) is 16.5. The van der Waals surface area contributed by atoms with Crippen molar-refractivity contribution in [2.45, 2.75) is 85.2 Å². The highest BCUT2D eigenvalue weighted by Gasteiger charge is 2.53. The largest absolute Gasteiger partial charge is 0.314 e. The van der Waals surface area contributed by atoms with Crippen LogP contribution < -0.4 is 5.32 Å². The second-order valence-corrected chi connectivity index (χ2v) is 7.62. The van der Waals surface area contributed by atoms with Crippen molar-refractivity contribution in [1.82, 2.24) is 15.1 Å². The molecule has 3 nitrogen and oxygen atoms in total. The summed E-state index contributed by atoms with van der Waals surface area (Å²) in [5.41, 5.74) is 3.17. The van der Waals surface area contributed by atoms with Gasteiger partial charge in [-0.3, -0.25) is 4.68 Å². The fourth-order valence-corrected chi connectivity index (χ4v) is 4.15. The first-order chi connectivity index (χ1) is 9.80. The van der Waals surface area contributed by atoms with E-state index in [0.717, 1.165) is 6.54 Å². The molecule has 2 rings (SSSR count). The average molecular weight is 291 g/mol. The van der Waals surface area contributed by atoms with Crippen molar-refractivity contribution in [3.05, 3.63) is 17.5 Å². The van der Waals surface area contributed by atoms with Crippen LogP contribution in [0.4, 0.5) is 0 Å². The van der Waals surface area contributed by atoms with E-state index < -0.39 is 0 Å². The summed E-state index contributed by atoms with van der Waals surface area (Å²) in [4.78, 5) is 0. The Kier molecular flexibility index (Phi) is 4.53. The Morgan fingerprint density at radius 3 is 2.33 bits per heavy atom. The highest BCUT2D eigenvalue weighted by Crippen LogP contribution is 2.57. The van der Waals surface area contributed by atoms with E-state index in [4.69, 9.17) is 5.10 Å². The predicted molar refractivity (Wildman–Crippen MR) is 89.8 cm³/mol. The second kappa shape index (κ2) is 5.75. The molecular weight excluding hydrogens is 258 g/mol. The van der Waals surface area contributed by atoms with Crippen LogP contribution in [0, 0.1) is 12.3 Å². The molecule has 0 saturated heterocycles. The third-order valence-corrected chi connectivity index (χ3v) is 5.63. The van der Waals surface area contributed by atoms with Crippen LogP contribution in [0.25, 0.3) is 0 Å². The monoisotopic (exact) mass is 291 g/mol. The minimum Gasteiger partial charge on any atom is -0.314 e. The first-order valence-corrected chi connectivity index (χ1v) is 8.60. The predicted octanol–water partition coefficient (Wildman–Crippen LogP) is 4.22. The molecule has 0 aliphatic heterocycles. The number of hydrogen-bond donors (Lipinski definition) is 1. The van der Waals surface area contributed by atoms with Crippen LogP contribution in [-0.2, 0) is 5.54 Å². The van der Waals surface area contributed by atoms with Gasteiger partial charge in [0.15, 0.2) is 0 Å². The Morgan fingerprint density at radius 2 is 1.90 bits per heavy atom. The van der Waals surface area contributed by atoms with Gasteiger partial charge < -0.3 is 5.32 Å². The highest BCUT2D eigenvalue weighted by molar-refractivity contribution is 5.30. The van der Waals surface area contributed by atoms with Gasteiger partial charge in [0, 0.05) is 12.2 Å². The lowest BCUT2D eigenvalue weighted by atomic mass is 9.52. The third kappa shape index (κ3) is 2.65. The number of aryl methyl sites for hydroxylation is 1. The fourth-order valence-electron chi connectivity index (χ4n) is 4.15. The van der Waals surface area contributed by atoms with Gasteiger partial charge in [0.25, 0.3) is 0 Å². The summed E-state index contributed by atoms with van der Waals surface area (Å²) in [6, 6.07) is 0.667. The van der Waals surface area contributed by atoms with E-state index in [1.165, 1.54) is 30.5 Å². The molecule has 21 heavy (non-hydrogen) atoms. The summed E-state index contributed by atoms with van der Waals surface area (Å²) in [7, 11) is 0. The third-order valence-electron chi connectivity index (χ3n) is 5.63. The van der Waals surface area contributed by atoms with Gasteiger partial charge in [-0.05, 0) is 70.4 Å². The average Bonchev–Trinajstić information content (AvgIpc) is 2.77. The zero-order chi connectivity index (χ0) is 15.8. The number of aromatic nitrogens is 2. The van der Waals surface area contributed by atoms with Gasteiger partial charge in [-0.15, -0.1) is 0 Å². The molecule has 1 aromatic heterocycles. The molecule has 0 aromatic carbocycles. The summed E-state index contributed by atoms with van der Waals surface area (Å²) < 4.78 is 2.15. The van der Waals surface area contributed by atoms with Gasteiger partial charge >= 0.3 is 0 Å². The molecule has 3 heteroatoms. The van der Waals surface area contributed by atoms with Crippen LogP contribution in [0.1, 0.15) is 78.0 Å². The Balaban J connectivity index is 2.32. The zero-order valence-corrected chi connectivity index (χ0v) is 15.0. The minimum absolute atomic E-state index is 0.0644. The Bertz CT molecular complexity index is 477. The van der Waals surface area contributed by atoms with E-state index in [9.17, 15) is 0 Å². The van der Waals surface area contributed by atoms with Crippen molar-refractivity contribution < 1.29 is 0 Å². The van der Waals surface area contributed by atoms with E-state index in [-0.39, 0.29) is 5.54 Å². The van der Waals surface area contributed by atoms with Crippen LogP contribution in [0.15, 0.2) is 6.20 Å². The Hall–Kier alpha value is -0.830. The molecule has 0 radical (unpaired) electrons. The molecule has 1 fully saturated rings. The normalized spacial score (nSPS) is 24.9. The summed E-state index contributed by atoms with van der Waals surface area (Å²) >= 11 is 0. The van der Waals surface area contributed by atoms with Crippen LogP contribution in [0.5, 0.6) is 0 Å². The molecule has 2 atom stereocenters. The van der Waals surface area contributed by atoms with Gasteiger partial charge in [0.2, 0.25) is 0 Å². The van der Waals surface area contributed by atoms with Crippen molar-refractivity contribution >= 4 is 0 Å².